The lowest BCUT2D eigenvalue weighted by Gasteiger charge is -2.11. The van der Waals surface area contributed by atoms with Crippen molar-refractivity contribution in [2.75, 3.05) is 12.4 Å². The first-order chi connectivity index (χ1) is 12.3. The topological polar surface area (TPSA) is 96.9 Å². The number of fused-ring (bicyclic) bond motifs is 1. The number of methoxy groups -OCH3 is 1. The molecule has 0 saturated heterocycles. The van der Waals surface area contributed by atoms with Crippen molar-refractivity contribution in [3.8, 4) is 5.75 Å². The number of rotatable bonds is 4. The van der Waals surface area contributed by atoms with E-state index in [4.69, 9.17) is 16.3 Å². The van der Waals surface area contributed by atoms with Gasteiger partial charge in [-0.2, -0.15) is 0 Å². The van der Waals surface area contributed by atoms with Gasteiger partial charge in [-0.15, -0.1) is 0 Å². The molecule has 136 valence electrons. The summed E-state index contributed by atoms with van der Waals surface area (Å²) < 4.78 is 31.6. The molecule has 0 bridgehead atoms. The summed E-state index contributed by atoms with van der Waals surface area (Å²) in [4.78, 5) is 16.7. The lowest BCUT2D eigenvalue weighted by atomic mass is 10.2. The van der Waals surface area contributed by atoms with Crippen LogP contribution in [0.5, 0.6) is 5.75 Å². The smallest absolute Gasteiger partial charge is 0.263 e. The van der Waals surface area contributed by atoms with Crippen molar-refractivity contribution < 1.29 is 17.9 Å². The quantitative estimate of drug-likeness (QED) is 0.833. The minimum atomic E-state index is -3.64. The van der Waals surface area contributed by atoms with Crippen LogP contribution in [-0.4, -0.2) is 33.3 Å². The van der Waals surface area contributed by atoms with Gasteiger partial charge in [0.25, 0.3) is 10.0 Å². The van der Waals surface area contributed by atoms with Gasteiger partial charge in [0.15, 0.2) is 0 Å². The molecule has 2 aromatic carbocycles. The molecule has 9 heteroatoms. The SMILES string of the molecule is COc1ccc(NC(=O)C(C)N=C2NS(=O)(=O)c3ccccc32)cc1Cl. The van der Waals surface area contributed by atoms with Crippen molar-refractivity contribution in [3.05, 3.63) is 53.1 Å². The molecule has 0 radical (unpaired) electrons. The minimum absolute atomic E-state index is 0.147. The minimum Gasteiger partial charge on any atom is -0.495 e. The van der Waals surface area contributed by atoms with Crippen LogP contribution in [0.4, 0.5) is 5.69 Å². The number of benzene rings is 2. The predicted molar refractivity (Wildman–Crippen MR) is 99.4 cm³/mol. The molecule has 2 N–H and O–H groups in total. The molecule has 26 heavy (non-hydrogen) atoms. The Hall–Kier alpha value is -2.58. The molecule has 3 rings (SSSR count). The zero-order chi connectivity index (χ0) is 18.9. The van der Waals surface area contributed by atoms with E-state index < -0.39 is 22.0 Å². The van der Waals surface area contributed by atoms with Crippen LogP contribution >= 0.6 is 11.6 Å². The Kier molecular flexibility index (Phi) is 4.88. The number of ether oxygens (including phenoxy) is 1. The lowest BCUT2D eigenvalue weighted by Crippen LogP contribution is -2.28. The second kappa shape index (κ2) is 6.97. The Labute approximate surface area is 156 Å². The molecule has 1 aliphatic rings. The van der Waals surface area contributed by atoms with E-state index in [1.54, 1.807) is 43.3 Å². The largest absolute Gasteiger partial charge is 0.495 e. The van der Waals surface area contributed by atoms with Gasteiger partial charge in [-0.3, -0.25) is 14.5 Å². The first kappa shape index (κ1) is 18.2. The number of amidine groups is 1. The maximum atomic E-state index is 12.4. The number of nitrogens with one attached hydrogen (secondary N) is 2. The number of halogens is 1. The van der Waals surface area contributed by atoms with Crippen molar-refractivity contribution in [2.45, 2.75) is 17.9 Å². The lowest BCUT2D eigenvalue weighted by molar-refractivity contribution is -0.117. The van der Waals surface area contributed by atoms with Gasteiger partial charge in [0.2, 0.25) is 5.91 Å². The highest BCUT2D eigenvalue weighted by atomic mass is 35.5. The van der Waals surface area contributed by atoms with E-state index in [0.717, 1.165) is 0 Å². The summed E-state index contributed by atoms with van der Waals surface area (Å²) in [6.07, 6.45) is 0. The van der Waals surface area contributed by atoms with E-state index >= 15 is 0 Å². The summed E-state index contributed by atoms with van der Waals surface area (Å²) in [6, 6.07) is 10.5. The summed E-state index contributed by atoms with van der Waals surface area (Å²) in [7, 11) is -2.14. The molecule has 7 nitrogen and oxygen atoms in total. The summed E-state index contributed by atoms with van der Waals surface area (Å²) in [5.41, 5.74) is 0.930. The Balaban J connectivity index is 1.80. The summed E-state index contributed by atoms with van der Waals surface area (Å²) in [5, 5.41) is 3.05. The maximum Gasteiger partial charge on any atom is 0.263 e. The average molecular weight is 394 g/mol. The number of carbonyl (C=O) groups is 1. The van der Waals surface area contributed by atoms with Gasteiger partial charge < -0.3 is 10.1 Å². The van der Waals surface area contributed by atoms with Crippen molar-refractivity contribution >= 4 is 39.1 Å². The molecule has 1 atom stereocenters. The highest BCUT2D eigenvalue weighted by Crippen LogP contribution is 2.27. The molecule has 0 fully saturated rings. The number of aliphatic imine (C=N–C) groups is 1. The van der Waals surface area contributed by atoms with Crippen molar-refractivity contribution in [2.24, 2.45) is 4.99 Å². The second-order valence-corrected chi connectivity index (χ2v) is 7.65. The third-order valence-electron chi connectivity index (χ3n) is 3.78. The van der Waals surface area contributed by atoms with E-state index in [1.165, 1.54) is 13.2 Å². The van der Waals surface area contributed by atoms with Crippen LogP contribution in [0.25, 0.3) is 0 Å². The van der Waals surface area contributed by atoms with Gasteiger partial charge in [-0.25, -0.2) is 8.42 Å². The van der Waals surface area contributed by atoms with Crippen LogP contribution in [-0.2, 0) is 14.8 Å². The van der Waals surface area contributed by atoms with Gasteiger partial charge in [0.1, 0.15) is 17.6 Å². The first-order valence-electron chi connectivity index (χ1n) is 7.66. The third kappa shape index (κ3) is 3.51. The molecule has 2 aromatic rings. The van der Waals surface area contributed by atoms with E-state index in [1.807, 2.05) is 0 Å². The highest BCUT2D eigenvalue weighted by molar-refractivity contribution is 7.90. The Morgan fingerprint density at radius 2 is 2.00 bits per heavy atom. The number of amides is 1. The van der Waals surface area contributed by atoms with Gasteiger partial charge in [0, 0.05) is 11.3 Å². The molecular weight excluding hydrogens is 378 g/mol. The van der Waals surface area contributed by atoms with Crippen LogP contribution in [0.2, 0.25) is 5.02 Å². The summed E-state index contributed by atoms with van der Waals surface area (Å²) >= 11 is 6.04. The monoisotopic (exact) mass is 393 g/mol. The fourth-order valence-electron chi connectivity index (χ4n) is 2.47. The highest BCUT2D eigenvalue weighted by Gasteiger charge is 2.31. The number of hydrogen-bond donors (Lipinski definition) is 2. The van der Waals surface area contributed by atoms with Gasteiger partial charge >= 0.3 is 0 Å². The molecule has 1 unspecified atom stereocenters. The van der Waals surface area contributed by atoms with E-state index in [2.05, 4.69) is 15.0 Å². The van der Waals surface area contributed by atoms with Crippen molar-refractivity contribution in [1.82, 2.24) is 4.72 Å². The summed E-state index contributed by atoms with van der Waals surface area (Å²) in [6.45, 7) is 1.57. The van der Waals surface area contributed by atoms with Crippen LogP contribution in [0.1, 0.15) is 12.5 Å². The Morgan fingerprint density at radius 1 is 1.27 bits per heavy atom. The number of hydrogen-bond acceptors (Lipinski definition) is 5. The average Bonchev–Trinajstić information content (AvgIpc) is 2.86. The standard InChI is InChI=1S/C17H16ClN3O4S/c1-10(17(22)20-11-7-8-14(25-2)13(18)9-11)19-16-12-5-3-4-6-15(12)26(23,24)21-16/h3-10H,1-2H3,(H,19,21)(H,20,22). The third-order valence-corrected chi connectivity index (χ3v) is 5.48. The number of nitrogens with zero attached hydrogens (tertiary/aromatic N) is 1. The molecule has 0 saturated carbocycles. The first-order valence-corrected chi connectivity index (χ1v) is 9.52. The number of sulfonamides is 1. The van der Waals surface area contributed by atoms with Crippen molar-refractivity contribution in [1.29, 1.82) is 0 Å². The van der Waals surface area contributed by atoms with Gasteiger partial charge in [-0.1, -0.05) is 23.7 Å². The zero-order valence-corrected chi connectivity index (χ0v) is 15.6. The normalized spacial score (nSPS) is 17.3. The van der Waals surface area contributed by atoms with Crippen LogP contribution in [0, 0.1) is 0 Å². The van der Waals surface area contributed by atoms with Crippen molar-refractivity contribution in [3.63, 3.8) is 0 Å². The van der Waals surface area contributed by atoms with Gasteiger partial charge in [0.05, 0.1) is 17.0 Å². The zero-order valence-electron chi connectivity index (χ0n) is 14.0. The number of carbonyl (C=O) groups excluding carboxylic acids is 1. The van der Waals surface area contributed by atoms with Crippen LogP contribution < -0.4 is 14.8 Å². The molecule has 0 spiro atoms. The van der Waals surface area contributed by atoms with Crippen LogP contribution in [0.15, 0.2) is 52.4 Å². The van der Waals surface area contributed by atoms with E-state index in [-0.39, 0.29) is 10.7 Å². The second-order valence-electron chi connectivity index (χ2n) is 5.59. The summed E-state index contributed by atoms with van der Waals surface area (Å²) in [5.74, 6) is 0.244. The van der Waals surface area contributed by atoms with Crippen LogP contribution in [0.3, 0.4) is 0 Å². The van der Waals surface area contributed by atoms with Gasteiger partial charge in [-0.05, 0) is 37.3 Å². The maximum absolute atomic E-state index is 12.4. The Morgan fingerprint density at radius 3 is 2.69 bits per heavy atom. The molecule has 0 aliphatic carbocycles. The van der Waals surface area contributed by atoms with E-state index in [0.29, 0.717) is 22.0 Å². The molecule has 1 heterocycles. The molecule has 1 amide bonds. The Bertz CT molecular complexity index is 1000. The molecule has 1 aliphatic heterocycles. The fourth-order valence-corrected chi connectivity index (χ4v) is 3.97. The number of anilines is 1. The molecule has 0 aromatic heterocycles. The van der Waals surface area contributed by atoms with E-state index in [9.17, 15) is 13.2 Å². The molecular formula is C17H16ClN3O4S. The predicted octanol–water partition coefficient (Wildman–Crippen LogP) is 2.41. The fraction of sp³-hybridized carbons (Fsp3) is 0.176.